The second-order valence-corrected chi connectivity index (χ2v) is 8.51. The second kappa shape index (κ2) is 7.44. The second-order valence-electron chi connectivity index (χ2n) is 6.60. The Morgan fingerprint density at radius 3 is 2.62 bits per heavy atom. The Kier molecular flexibility index (Phi) is 5.25. The Balaban J connectivity index is 1.83. The van der Waals surface area contributed by atoms with Crippen molar-refractivity contribution >= 4 is 21.6 Å². The average molecular weight is 379 g/mol. The van der Waals surface area contributed by atoms with Crippen LogP contribution in [-0.2, 0) is 14.6 Å². The van der Waals surface area contributed by atoms with E-state index in [4.69, 9.17) is 0 Å². The highest BCUT2D eigenvalue weighted by Gasteiger charge is 2.30. The lowest BCUT2D eigenvalue weighted by molar-refractivity contribution is -0.120. The van der Waals surface area contributed by atoms with E-state index in [1.54, 1.807) is 13.1 Å². The molecule has 0 saturated heterocycles. The number of tetrazole rings is 1. The van der Waals surface area contributed by atoms with Gasteiger partial charge >= 0.3 is 0 Å². The maximum absolute atomic E-state index is 12.8. The normalized spacial score (nSPS) is 16.5. The van der Waals surface area contributed by atoms with E-state index in [2.05, 4.69) is 30.7 Å². The molecule has 1 atom stereocenters. The van der Waals surface area contributed by atoms with Gasteiger partial charge in [-0.15, -0.1) is 5.10 Å². The van der Waals surface area contributed by atoms with E-state index in [1.165, 1.54) is 6.20 Å². The summed E-state index contributed by atoms with van der Waals surface area (Å²) >= 11 is 0. The average Bonchev–Trinajstić information content (AvgIpc) is 3.25. The van der Waals surface area contributed by atoms with Crippen LogP contribution in [-0.4, -0.2) is 50.8 Å². The fraction of sp³-hybridized carbons (Fsp3) is 0.600. The van der Waals surface area contributed by atoms with Gasteiger partial charge in [-0.1, -0.05) is 30.8 Å². The Morgan fingerprint density at radius 1 is 1.31 bits per heavy atom. The lowest BCUT2D eigenvalue weighted by atomic mass is 9.98. The molecule has 0 aliphatic heterocycles. The zero-order valence-electron chi connectivity index (χ0n) is 14.7. The molecule has 0 aromatic carbocycles. The van der Waals surface area contributed by atoms with Gasteiger partial charge < -0.3 is 5.32 Å². The number of aromatic nitrogens is 6. The van der Waals surface area contributed by atoms with Crippen LogP contribution < -0.4 is 5.32 Å². The minimum absolute atomic E-state index is 0.320. The third-order valence-electron chi connectivity index (χ3n) is 4.39. The molecule has 2 aromatic heterocycles. The summed E-state index contributed by atoms with van der Waals surface area (Å²) < 4.78 is 23.2. The lowest BCUT2D eigenvalue weighted by Crippen LogP contribution is -2.30. The summed E-state index contributed by atoms with van der Waals surface area (Å²) in [5.74, 6) is 0.315. The molecule has 3 rings (SSSR count). The number of carbonyl (C=O) groups is 1. The molecule has 2 heterocycles. The van der Waals surface area contributed by atoms with Crippen molar-refractivity contribution in [2.75, 3.05) is 11.6 Å². The molecule has 1 amide bonds. The first-order valence-electron chi connectivity index (χ1n) is 8.42. The number of rotatable bonds is 6. The molecule has 1 N–H and O–H groups in total. The van der Waals surface area contributed by atoms with E-state index in [9.17, 15) is 13.2 Å². The van der Waals surface area contributed by atoms with Gasteiger partial charge in [-0.05, 0) is 24.5 Å². The Morgan fingerprint density at radius 2 is 2.04 bits per heavy atom. The van der Waals surface area contributed by atoms with Gasteiger partial charge in [0, 0.05) is 6.26 Å². The van der Waals surface area contributed by atoms with E-state index in [1.807, 2.05) is 0 Å². The molecular formula is C15H21N7O3S. The molecule has 1 aliphatic rings. The van der Waals surface area contributed by atoms with E-state index in [-0.39, 0.29) is 5.91 Å². The first-order chi connectivity index (χ1) is 12.3. The Hall–Kier alpha value is -2.43. The van der Waals surface area contributed by atoms with Crippen LogP contribution in [0.2, 0.25) is 0 Å². The van der Waals surface area contributed by atoms with E-state index < -0.39 is 21.0 Å². The zero-order chi connectivity index (χ0) is 18.7. The maximum atomic E-state index is 12.8. The zero-order valence-corrected chi connectivity index (χ0v) is 15.5. The quantitative estimate of drug-likeness (QED) is 0.784. The molecular weight excluding hydrogens is 358 g/mol. The highest BCUT2D eigenvalue weighted by molar-refractivity contribution is 7.90. The highest BCUT2D eigenvalue weighted by Crippen LogP contribution is 2.32. The van der Waals surface area contributed by atoms with Crippen molar-refractivity contribution in [1.82, 2.24) is 30.2 Å². The van der Waals surface area contributed by atoms with E-state index in [0.717, 1.165) is 42.4 Å². The summed E-state index contributed by atoms with van der Waals surface area (Å²) in [6.07, 6.45) is 8.85. The van der Waals surface area contributed by atoms with Crippen molar-refractivity contribution in [3.05, 3.63) is 18.1 Å². The molecule has 1 saturated carbocycles. The molecule has 0 bridgehead atoms. The summed E-state index contributed by atoms with van der Waals surface area (Å²) in [7, 11) is -3.59. The summed E-state index contributed by atoms with van der Waals surface area (Å²) in [6.45, 7) is 1.80. The van der Waals surface area contributed by atoms with Crippen LogP contribution >= 0.6 is 0 Å². The van der Waals surface area contributed by atoms with Crippen LogP contribution in [0.5, 0.6) is 0 Å². The van der Waals surface area contributed by atoms with E-state index >= 15 is 0 Å². The van der Waals surface area contributed by atoms with Gasteiger partial charge in [0.25, 0.3) is 11.1 Å². The van der Waals surface area contributed by atoms with Crippen molar-refractivity contribution in [2.45, 2.75) is 50.2 Å². The van der Waals surface area contributed by atoms with Gasteiger partial charge in [-0.25, -0.2) is 13.4 Å². The van der Waals surface area contributed by atoms with Crippen LogP contribution in [0.3, 0.4) is 0 Å². The molecule has 0 spiro atoms. The third-order valence-corrected chi connectivity index (χ3v) is 5.21. The molecule has 2 aromatic rings. The van der Waals surface area contributed by atoms with E-state index in [0.29, 0.717) is 18.2 Å². The van der Waals surface area contributed by atoms with Gasteiger partial charge in [0.2, 0.25) is 9.84 Å². The third kappa shape index (κ3) is 4.40. The van der Waals surface area contributed by atoms with Crippen molar-refractivity contribution < 1.29 is 13.2 Å². The number of amides is 1. The van der Waals surface area contributed by atoms with Crippen molar-refractivity contribution in [3.63, 3.8) is 0 Å². The van der Waals surface area contributed by atoms with Gasteiger partial charge in [0.05, 0.1) is 18.1 Å². The van der Waals surface area contributed by atoms with Crippen LogP contribution in [0.4, 0.5) is 5.82 Å². The lowest BCUT2D eigenvalue weighted by Gasteiger charge is -2.18. The fourth-order valence-electron chi connectivity index (χ4n) is 3.03. The number of aryl methyl sites for hydroxylation is 1. The summed E-state index contributed by atoms with van der Waals surface area (Å²) in [5, 5.41) is 13.6. The standard InChI is InChI=1S/C15H21N7O3S/c1-10-8-17-13(9-16-10)18-14(23)12(7-11-5-3-4-6-11)22-20-15(19-21-22)26(2,24)25/h8-9,11-12H,3-7H2,1-2H3,(H,17,18,23). The van der Waals surface area contributed by atoms with Crippen molar-refractivity contribution in [2.24, 2.45) is 5.92 Å². The Labute approximate surface area is 151 Å². The molecule has 10 nitrogen and oxygen atoms in total. The van der Waals surface area contributed by atoms with Crippen LogP contribution in [0.25, 0.3) is 0 Å². The number of carbonyl (C=O) groups excluding carboxylic acids is 1. The molecule has 26 heavy (non-hydrogen) atoms. The highest BCUT2D eigenvalue weighted by atomic mass is 32.2. The number of nitrogens with one attached hydrogen (secondary N) is 1. The SMILES string of the molecule is Cc1cnc(NC(=O)C(CC2CCCC2)n2nnc(S(C)(=O)=O)n2)cn1. The summed E-state index contributed by atoms with van der Waals surface area (Å²) in [5.41, 5.74) is 0.737. The first-order valence-corrected chi connectivity index (χ1v) is 10.3. The maximum Gasteiger partial charge on any atom is 0.288 e. The fourth-order valence-corrected chi connectivity index (χ4v) is 3.44. The predicted molar refractivity (Wildman–Crippen MR) is 91.9 cm³/mol. The van der Waals surface area contributed by atoms with Crippen LogP contribution in [0, 0.1) is 12.8 Å². The minimum Gasteiger partial charge on any atom is -0.307 e. The number of hydrogen-bond acceptors (Lipinski definition) is 8. The number of sulfone groups is 1. The van der Waals surface area contributed by atoms with Gasteiger partial charge in [-0.3, -0.25) is 9.78 Å². The Bertz CT molecular complexity index is 873. The predicted octanol–water partition coefficient (Wildman–Crippen LogP) is 0.935. The monoisotopic (exact) mass is 379 g/mol. The van der Waals surface area contributed by atoms with Gasteiger partial charge in [-0.2, -0.15) is 4.80 Å². The smallest absolute Gasteiger partial charge is 0.288 e. The number of nitrogens with zero attached hydrogens (tertiary/aromatic N) is 6. The van der Waals surface area contributed by atoms with Crippen LogP contribution in [0.1, 0.15) is 43.8 Å². The van der Waals surface area contributed by atoms with Gasteiger partial charge in [0.1, 0.15) is 0 Å². The molecule has 1 fully saturated rings. The van der Waals surface area contributed by atoms with Crippen molar-refractivity contribution in [3.8, 4) is 0 Å². The molecule has 11 heteroatoms. The summed E-state index contributed by atoms with van der Waals surface area (Å²) in [6, 6.07) is -0.760. The topological polar surface area (TPSA) is 133 Å². The largest absolute Gasteiger partial charge is 0.307 e. The minimum atomic E-state index is -3.59. The first kappa shape index (κ1) is 18.4. The summed E-state index contributed by atoms with van der Waals surface area (Å²) in [4.78, 5) is 22.1. The molecule has 1 unspecified atom stereocenters. The molecule has 140 valence electrons. The number of anilines is 1. The number of hydrogen-bond donors (Lipinski definition) is 1. The molecule has 0 radical (unpaired) electrons. The van der Waals surface area contributed by atoms with Crippen LogP contribution in [0.15, 0.2) is 17.6 Å². The van der Waals surface area contributed by atoms with Crippen molar-refractivity contribution in [1.29, 1.82) is 0 Å². The van der Waals surface area contributed by atoms with Gasteiger partial charge in [0.15, 0.2) is 11.9 Å². The molecule has 1 aliphatic carbocycles.